The van der Waals surface area contributed by atoms with Crippen molar-refractivity contribution in [3.8, 4) is 11.4 Å². The third-order valence-corrected chi connectivity index (χ3v) is 4.19. The zero-order valence-corrected chi connectivity index (χ0v) is 13.5. The van der Waals surface area contributed by atoms with Crippen LogP contribution in [0.25, 0.3) is 11.4 Å². The molecule has 3 rings (SSSR count). The first-order valence-corrected chi connectivity index (χ1v) is 8.18. The van der Waals surface area contributed by atoms with E-state index in [2.05, 4.69) is 20.3 Å². The maximum Gasteiger partial charge on any atom is 0.236 e. The van der Waals surface area contributed by atoms with E-state index in [0.717, 1.165) is 61.7 Å². The van der Waals surface area contributed by atoms with Crippen molar-refractivity contribution in [3.63, 3.8) is 0 Å². The summed E-state index contributed by atoms with van der Waals surface area (Å²) in [7, 11) is 0. The number of rotatable bonds is 6. The van der Waals surface area contributed by atoms with Crippen LogP contribution < -0.4 is 5.32 Å². The second-order valence-corrected chi connectivity index (χ2v) is 5.91. The molecule has 0 aliphatic carbocycles. The number of aryl methyl sites for hydroxylation is 1. The highest BCUT2D eigenvalue weighted by atomic mass is 16.2. The number of nitrogens with one attached hydrogen (secondary N) is 2. The van der Waals surface area contributed by atoms with Crippen LogP contribution in [-0.2, 0) is 11.2 Å². The third kappa shape index (κ3) is 3.96. The predicted molar refractivity (Wildman–Crippen MR) is 88.9 cm³/mol. The highest BCUT2D eigenvalue weighted by Crippen LogP contribution is 2.16. The Labute approximate surface area is 136 Å². The van der Waals surface area contributed by atoms with E-state index >= 15 is 0 Å². The van der Waals surface area contributed by atoms with Gasteiger partial charge < -0.3 is 15.2 Å². The first-order chi connectivity index (χ1) is 11.2. The fraction of sp³-hybridized carbons (Fsp3) is 0.471. The number of imidazole rings is 1. The molecule has 2 N–H and O–H groups in total. The first-order valence-electron chi connectivity index (χ1n) is 8.18. The monoisotopic (exact) mass is 313 g/mol. The molecule has 0 radical (unpaired) electrons. The summed E-state index contributed by atoms with van der Waals surface area (Å²) in [5.74, 6) is 1.05. The van der Waals surface area contributed by atoms with Crippen LogP contribution in [0.1, 0.15) is 24.2 Å². The van der Waals surface area contributed by atoms with E-state index in [-0.39, 0.29) is 5.91 Å². The van der Waals surface area contributed by atoms with Gasteiger partial charge in [-0.15, -0.1) is 0 Å². The van der Waals surface area contributed by atoms with Crippen LogP contribution in [0.3, 0.4) is 0 Å². The summed E-state index contributed by atoms with van der Waals surface area (Å²) < 4.78 is 0. The van der Waals surface area contributed by atoms with Crippen molar-refractivity contribution in [2.24, 2.45) is 0 Å². The zero-order chi connectivity index (χ0) is 16.1. The van der Waals surface area contributed by atoms with Crippen LogP contribution in [0.15, 0.2) is 24.5 Å². The summed E-state index contributed by atoms with van der Waals surface area (Å²) >= 11 is 0. The molecular formula is C17H23N5O. The fourth-order valence-electron chi connectivity index (χ4n) is 2.86. The van der Waals surface area contributed by atoms with Crippen molar-refractivity contribution in [2.45, 2.75) is 26.2 Å². The fourth-order valence-corrected chi connectivity index (χ4v) is 2.86. The molecule has 3 heterocycles. The normalized spacial score (nSPS) is 14.4. The van der Waals surface area contributed by atoms with Gasteiger partial charge in [0.05, 0.1) is 12.2 Å². The summed E-state index contributed by atoms with van der Waals surface area (Å²) in [6, 6.07) is 3.89. The largest absolute Gasteiger partial charge is 0.342 e. The predicted octanol–water partition coefficient (Wildman–Crippen LogP) is 1.53. The van der Waals surface area contributed by atoms with Crippen LogP contribution in [0, 0.1) is 6.92 Å². The van der Waals surface area contributed by atoms with Gasteiger partial charge in [0.15, 0.2) is 0 Å². The molecular weight excluding hydrogens is 290 g/mol. The lowest BCUT2D eigenvalue weighted by molar-refractivity contribution is -0.129. The molecule has 1 saturated heterocycles. The number of hydrogen-bond donors (Lipinski definition) is 2. The number of aromatic nitrogens is 3. The Morgan fingerprint density at radius 1 is 1.39 bits per heavy atom. The average molecular weight is 313 g/mol. The molecule has 2 aromatic heterocycles. The van der Waals surface area contributed by atoms with E-state index in [4.69, 9.17) is 0 Å². The van der Waals surface area contributed by atoms with E-state index in [9.17, 15) is 4.79 Å². The lowest BCUT2D eigenvalue weighted by Crippen LogP contribution is -2.36. The molecule has 6 nitrogen and oxygen atoms in total. The Kier molecular flexibility index (Phi) is 5.02. The van der Waals surface area contributed by atoms with Gasteiger partial charge in [0.25, 0.3) is 0 Å². The Bertz CT molecular complexity index is 646. The summed E-state index contributed by atoms with van der Waals surface area (Å²) in [5, 5.41) is 3.23. The molecule has 1 aliphatic rings. The van der Waals surface area contributed by atoms with E-state index in [1.807, 2.05) is 24.0 Å². The molecule has 122 valence electrons. The number of hydrogen-bond acceptors (Lipinski definition) is 4. The van der Waals surface area contributed by atoms with E-state index in [1.165, 1.54) is 0 Å². The van der Waals surface area contributed by atoms with Crippen molar-refractivity contribution >= 4 is 5.91 Å². The minimum absolute atomic E-state index is 0.206. The maximum atomic E-state index is 11.9. The quantitative estimate of drug-likeness (QED) is 0.793. The van der Waals surface area contributed by atoms with Gasteiger partial charge in [0, 0.05) is 49.7 Å². The SMILES string of the molecule is Cc1[nH]c(-c2cccnc2)nc1CCNCC(=O)N1CCCC1. The Hall–Kier alpha value is -2.21. The molecule has 6 heteroatoms. The Balaban J connectivity index is 1.49. The molecule has 0 bridgehead atoms. The van der Waals surface area contributed by atoms with Gasteiger partial charge in [-0.2, -0.15) is 0 Å². The average Bonchev–Trinajstić information content (AvgIpc) is 3.22. The number of nitrogens with zero attached hydrogens (tertiary/aromatic N) is 3. The van der Waals surface area contributed by atoms with Gasteiger partial charge >= 0.3 is 0 Å². The number of carbonyl (C=O) groups excluding carboxylic acids is 1. The third-order valence-electron chi connectivity index (χ3n) is 4.19. The number of likely N-dealkylation sites (tertiary alicyclic amines) is 1. The second kappa shape index (κ2) is 7.37. The van der Waals surface area contributed by atoms with E-state index in [0.29, 0.717) is 6.54 Å². The standard InChI is InChI=1S/C17H23N5O/c1-13-15(21-17(20-13)14-5-4-7-18-11-14)6-8-19-12-16(23)22-9-2-3-10-22/h4-5,7,11,19H,2-3,6,8-10,12H2,1H3,(H,20,21). The highest BCUT2D eigenvalue weighted by molar-refractivity contribution is 5.78. The topological polar surface area (TPSA) is 73.9 Å². The van der Waals surface area contributed by atoms with Crippen LogP contribution in [0.4, 0.5) is 0 Å². The highest BCUT2D eigenvalue weighted by Gasteiger charge is 2.17. The molecule has 1 amide bonds. The minimum Gasteiger partial charge on any atom is -0.342 e. The summed E-state index contributed by atoms with van der Waals surface area (Å²) in [4.78, 5) is 25.9. The van der Waals surface area contributed by atoms with Crippen molar-refractivity contribution in [1.29, 1.82) is 0 Å². The molecule has 0 aromatic carbocycles. The molecule has 1 aliphatic heterocycles. The van der Waals surface area contributed by atoms with Gasteiger partial charge in [-0.1, -0.05) is 0 Å². The number of pyridine rings is 1. The van der Waals surface area contributed by atoms with Crippen molar-refractivity contribution in [3.05, 3.63) is 35.9 Å². The minimum atomic E-state index is 0.206. The van der Waals surface area contributed by atoms with E-state index in [1.54, 1.807) is 12.4 Å². The Morgan fingerprint density at radius 2 is 2.22 bits per heavy atom. The van der Waals surface area contributed by atoms with Gasteiger partial charge in [0.2, 0.25) is 5.91 Å². The van der Waals surface area contributed by atoms with Crippen LogP contribution in [-0.4, -0.2) is 51.9 Å². The van der Waals surface area contributed by atoms with Crippen LogP contribution in [0.2, 0.25) is 0 Å². The van der Waals surface area contributed by atoms with Gasteiger partial charge in [-0.05, 0) is 31.9 Å². The number of H-pyrrole nitrogens is 1. The van der Waals surface area contributed by atoms with E-state index < -0.39 is 0 Å². The summed E-state index contributed by atoms with van der Waals surface area (Å²) in [6.07, 6.45) is 6.62. The zero-order valence-electron chi connectivity index (χ0n) is 13.5. The Morgan fingerprint density at radius 3 is 2.96 bits per heavy atom. The molecule has 0 atom stereocenters. The molecule has 0 spiro atoms. The summed E-state index contributed by atoms with van der Waals surface area (Å²) in [5.41, 5.74) is 3.08. The number of amides is 1. The van der Waals surface area contributed by atoms with Crippen molar-refractivity contribution in [2.75, 3.05) is 26.2 Å². The van der Waals surface area contributed by atoms with Crippen LogP contribution >= 0.6 is 0 Å². The molecule has 23 heavy (non-hydrogen) atoms. The number of aromatic amines is 1. The second-order valence-electron chi connectivity index (χ2n) is 5.91. The van der Waals surface area contributed by atoms with Gasteiger partial charge in [-0.25, -0.2) is 4.98 Å². The smallest absolute Gasteiger partial charge is 0.236 e. The lowest BCUT2D eigenvalue weighted by Gasteiger charge is -2.15. The molecule has 0 unspecified atom stereocenters. The molecule has 2 aromatic rings. The number of carbonyl (C=O) groups is 1. The van der Waals surface area contributed by atoms with Crippen molar-refractivity contribution in [1.82, 2.24) is 25.2 Å². The first kappa shape index (κ1) is 15.7. The molecule has 1 fully saturated rings. The summed E-state index contributed by atoms with van der Waals surface area (Å²) in [6.45, 7) is 5.01. The molecule has 0 saturated carbocycles. The van der Waals surface area contributed by atoms with Gasteiger partial charge in [-0.3, -0.25) is 9.78 Å². The van der Waals surface area contributed by atoms with Crippen molar-refractivity contribution < 1.29 is 4.79 Å². The maximum absolute atomic E-state index is 11.9. The lowest BCUT2D eigenvalue weighted by atomic mass is 10.2. The van der Waals surface area contributed by atoms with Crippen LogP contribution in [0.5, 0.6) is 0 Å². The van der Waals surface area contributed by atoms with Gasteiger partial charge in [0.1, 0.15) is 5.82 Å².